The van der Waals surface area contributed by atoms with Crippen molar-refractivity contribution in [3.8, 4) is 0 Å². The molecule has 0 aromatic heterocycles. The van der Waals surface area contributed by atoms with Crippen LogP contribution in [-0.2, 0) is 11.3 Å². The van der Waals surface area contributed by atoms with Crippen molar-refractivity contribution in [2.24, 2.45) is 0 Å². The van der Waals surface area contributed by atoms with Crippen LogP contribution in [0.15, 0.2) is 24.3 Å². The molecule has 20 heavy (non-hydrogen) atoms. The Balaban J connectivity index is 1.86. The normalized spacial score (nSPS) is 14.8. The first-order chi connectivity index (χ1) is 9.56. The van der Waals surface area contributed by atoms with E-state index in [-0.39, 0.29) is 5.91 Å². The first-order valence-corrected chi connectivity index (χ1v) is 7.43. The maximum atomic E-state index is 11.8. The number of amides is 1. The van der Waals surface area contributed by atoms with Crippen molar-refractivity contribution in [1.82, 2.24) is 10.2 Å². The second-order valence-corrected chi connectivity index (χ2v) is 5.85. The first-order valence-electron chi connectivity index (χ1n) is 7.43. The van der Waals surface area contributed by atoms with Gasteiger partial charge in [0.05, 0.1) is 0 Å². The third-order valence-electron chi connectivity index (χ3n) is 3.73. The zero-order valence-electron chi connectivity index (χ0n) is 12.4. The standard InChI is InChI=1S/C16H25N3O/c1-12(2)19(10-9-16(20)18-14-7-8-14)11-13-5-3-4-6-15(13)17/h3-6,12,14H,7-11,17H2,1-2H3,(H,18,20). The molecule has 4 heteroatoms. The van der Waals surface area contributed by atoms with Crippen molar-refractivity contribution in [2.75, 3.05) is 12.3 Å². The SMILES string of the molecule is CC(C)N(CCC(=O)NC1CC1)Cc1ccccc1N. The molecule has 0 unspecified atom stereocenters. The van der Waals surface area contributed by atoms with Gasteiger partial charge in [-0.05, 0) is 38.3 Å². The van der Waals surface area contributed by atoms with Gasteiger partial charge in [-0.1, -0.05) is 18.2 Å². The summed E-state index contributed by atoms with van der Waals surface area (Å²) in [6, 6.07) is 8.76. The Morgan fingerprint density at radius 3 is 2.70 bits per heavy atom. The maximum absolute atomic E-state index is 11.8. The number of nitrogens with two attached hydrogens (primary N) is 1. The Hall–Kier alpha value is -1.55. The van der Waals surface area contributed by atoms with Crippen LogP contribution in [0.25, 0.3) is 0 Å². The van der Waals surface area contributed by atoms with E-state index in [4.69, 9.17) is 5.73 Å². The summed E-state index contributed by atoms with van der Waals surface area (Å²) in [5, 5.41) is 3.03. The molecule has 2 rings (SSSR count). The zero-order chi connectivity index (χ0) is 14.5. The second-order valence-electron chi connectivity index (χ2n) is 5.85. The molecule has 0 saturated heterocycles. The van der Waals surface area contributed by atoms with Gasteiger partial charge in [-0.2, -0.15) is 0 Å². The van der Waals surface area contributed by atoms with E-state index in [2.05, 4.69) is 30.1 Å². The number of rotatable bonds is 7. The molecule has 0 heterocycles. The molecular formula is C16H25N3O. The van der Waals surface area contributed by atoms with Gasteiger partial charge in [0.2, 0.25) is 5.91 Å². The molecule has 1 aromatic carbocycles. The van der Waals surface area contributed by atoms with Crippen LogP contribution in [0.3, 0.4) is 0 Å². The lowest BCUT2D eigenvalue weighted by atomic mass is 10.1. The quantitative estimate of drug-likeness (QED) is 0.750. The smallest absolute Gasteiger partial charge is 0.221 e. The molecule has 1 saturated carbocycles. The van der Waals surface area contributed by atoms with Gasteiger partial charge in [-0.15, -0.1) is 0 Å². The number of nitrogen functional groups attached to an aromatic ring is 1. The molecule has 4 nitrogen and oxygen atoms in total. The Morgan fingerprint density at radius 1 is 1.40 bits per heavy atom. The number of nitrogens with one attached hydrogen (secondary N) is 1. The molecule has 3 N–H and O–H groups in total. The van der Waals surface area contributed by atoms with Crippen LogP contribution < -0.4 is 11.1 Å². The van der Waals surface area contributed by atoms with Gasteiger partial charge in [0, 0.05) is 37.3 Å². The topological polar surface area (TPSA) is 58.4 Å². The van der Waals surface area contributed by atoms with Crippen LogP contribution >= 0.6 is 0 Å². The molecule has 0 atom stereocenters. The summed E-state index contributed by atoms with van der Waals surface area (Å²) in [6.45, 7) is 5.86. The lowest BCUT2D eigenvalue weighted by Gasteiger charge is -2.26. The highest BCUT2D eigenvalue weighted by Crippen LogP contribution is 2.19. The number of benzene rings is 1. The first kappa shape index (κ1) is 14.9. The summed E-state index contributed by atoms with van der Waals surface area (Å²) in [4.78, 5) is 14.1. The summed E-state index contributed by atoms with van der Waals surface area (Å²) < 4.78 is 0. The number of para-hydroxylation sites is 1. The van der Waals surface area contributed by atoms with E-state index in [0.717, 1.165) is 37.2 Å². The highest BCUT2D eigenvalue weighted by atomic mass is 16.1. The third-order valence-corrected chi connectivity index (χ3v) is 3.73. The van der Waals surface area contributed by atoms with Crippen LogP contribution in [-0.4, -0.2) is 29.4 Å². The fourth-order valence-corrected chi connectivity index (χ4v) is 2.19. The van der Waals surface area contributed by atoms with Crippen molar-refractivity contribution < 1.29 is 4.79 Å². The van der Waals surface area contributed by atoms with E-state index in [1.807, 2.05) is 18.2 Å². The molecule has 110 valence electrons. The van der Waals surface area contributed by atoms with E-state index in [1.54, 1.807) is 0 Å². The number of anilines is 1. The van der Waals surface area contributed by atoms with Crippen molar-refractivity contribution in [2.45, 2.75) is 51.7 Å². The van der Waals surface area contributed by atoms with Gasteiger partial charge in [0.25, 0.3) is 0 Å². The fraction of sp³-hybridized carbons (Fsp3) is 0.562. The van der Waals surface area contributed by atoms with Gasteiger partial charge in [0.15, 0.2) is 0 Å². The highest BCUT2D eigenvalue weighted by molar-refractivity contribution is 5.76. The van der Waals surface area contributed by atoms with Crippen LogP contribution in [0.1, 0.15) is 38.7 Å². The van der Waals surface area contributed by atoms with Crippen molar-refractivity contribution in [1.29, 1.82) is 0 Å². The largest absolute Gasteiger partial charge is 0.398 e. The Labute approximate surface area is 121 Å². The lowest BCUT2D eigenvalue weighted by molar-refractivity contribution is -0.121. The number of hydrogen-bond donors (Lipinski definition) is 2. The molecule has 1 aliphatic carbocycles. The average molecular weight is 275 g/mol. The number of nitrogens with zero attached hydrogens (tertiary/aromatic N) is 1. The summed E-state index contributed by atoms with van der Waals surface area (Å²) >= 11 is 0. The van der Waals surface area contributed by atoms with E-state index in [0.29, 0.717) is 18.5 Å². The minimum atomic E-state index is 0.166. The molecule has 0 bridgehead atoms. The predicted molar refractivity (Wildman–Crippen MR) is 82.2 cm³/mol. The number of carbonyl (C=O) groups is 1. The molecule has 1 fully saturated rings. The van der Waals surface area contributed by atoms with E-state index in [9.17, 15) is 4.79 Å². The molecule has 0 radical (unpaired) electrons. The van der Waals surface area contributed by atoms with Crippen LogP contribution in [0.5, 0.6) is 0 Å². The van der Waals surface area contributed by atoms with E-state index in [1.165, 1.54) is 0 Å². The van der Waals surface area contributed by atoms with Gasteiger partial charge < -0.3 is 11.1 Å². The number of carbonyl (C=O) groups excluding carboxylic acids is 1. The summed E-state index contributed by atoms with van der Waals surface area (Å²) in [5.41, 5.74) is 7.94. The summed E-state index contributed by atoms with van der Waals surface area (Å²) in [5.74, 6) is 0.166. The molecule has 1 aliphatic rings. The molecule has 1 aromatic rings. The van der Waals surface area contributed by atoms with Crippen molar-refractivity contribution in [3.63, 3.8) is 0 Å². The van der Waals surface area contributed by atoms with Crippen molar-refractivity contribution in [3.05, 3.63) is 29.8 Å². The highest BCUT2D eigenvalue weighted by Gasteiger charge is 2.23. The predicted octanol–water partition coefficient (Wildman–Crippen LogP) is 2.15. The molecule has 1 amide bonds. The lowest BCUT2D eigenvalue weighted by Crippen LogP contribution is -2.35. The maximum Gasteiger partial charge on any atom is 0.221 e. The Bertz CT molecular complexity index is 455. The average Bonchev–Trinajstić information content (AvgIpc) is 3.20. The molecule has 0 spiro atoms. The monoisotopic (exact) mass is 275 g/mol. The van der Waals surface area contributed by atoms with E-state index < -0.39 is 0 Å². The van der Waals surface area contributed by atoms with Crippen LogP contribution in [0, 0.1) is 0 Å². The Morgan fingerprint density at radius 2 is 2.10 bits per heavy atom. The van der Waals surface area contributed by atoms with Crippen LogP contribution in [0.2, 0.25) is 0 Å². The molecule has 0 aliphatic heterocycles. The van der Waals surface area contributed by atoms with Gasteiger partial charge in [0.1, 0.15) is 0 Å². The van der Waals surface area contributed by atoms with E-state index >= 15 is 0 Å². The van der Waals surface area contributed by atoms with Crippen LogP contribution in [0.4, 0.5) is 5.69 Å². The third kappa shape index (κ3) is 4.53. The second kappa shape index (κ2) is 6.75. The van der Waals surface area contributed by atoms with Crippen molar-refractivity contribution >= 4 is 11.6 Å². The Kier molecular flexibility index (Phi) is 5.01. The minimum Gasteiger partial charge on any atom is -0.398 e. The summed E-state index contributed by atoms with van der Waals surface area (Å²) in [6.07, 6.45) is 2.84. The zero-order valence-corrected chi connectivity index (χ0v) is 12.4. The summed E-state index contributed by atoms with van der Waals surface area (Å²) in [7, 11) is 0. The molecular weight excluding hydrogens is 250 g/mol. The van der Waals surface area contributed by atoms with Gasteiger partial charge >= 0.3 is 0 Å². The van der Waals surface area contributed by atoms with Gasteiger partial charge in [-0.25, -0.2) is 0 Å². The minimum absolute atomic E-state index is 0.166. The number of hydrogen-bond acceptors (Lipinski definition) is 3. The fourth-order valence-electron chi connectivity index (χ4n) is 2.19. The van der Waals surface area contributed by atoms with Gasteiger partial charge in [-0.3, -0.25) is 9.69 Å².